The maximum atomic E-state index is 12.8. The number of hydrogen-bond donors (Lipinski definition) is 0. The Balaban J connectivity index is 1.54. The van der Waals surface area contributed by atoms with Gasteiger partial charge in [-0.25, -0.2) is 0 Å². The normalized spacial score (nSPS) is 18.9. The van der Waals surface area contributed by atoms with Crippen LogP contribution in [0.3, 0.4) is 0 Å². The van der Waals surface area contributed by atoms with Crippen LogP contribution in [0.2, 0.25) is 0 Å². The summed E-state index contributed by atoms with van der Waals surface area (Å²) in [6, 6.07) is 8.11. The third kappa shape index (κ3) is 5.13. The lowest BCUT2D eigenvalue weighted by Gasteiger charge is -2.33. The minimum absolute atomic E-state index is 0.170. The molecule has 0 spiro atoms. The minimum atomic E-state index is 0.170. The number of amides is 2. The molecule has 0 saturated carbocycles. The summed E-state index contributed by atoms with van der Waals surface area (Å²) in [6.45, 7) is 10.2. The molecule has 1 aromatic carbocycles. The Labute approximate surface area is 169 Å². The van der Waals surface area contributed by atoms with Gasteiger partial charge in [0.1, 0.15) is 0 Å². The lowest BCUT2D eigenvalue weighted by Crippen LogP contribution is -2.42. The summed E-state index contributed by atoms with van der Waals surface area (Å²) >= 11 is 0. The second-order valence-corrected chi connectivity index (χ2v) is 8.11. The largest absolute Gasteiger partial charge is 0.343 e. The summed E-state index contributed by atoms with van der Waals surface area (Å²) in [7, 11) is 0. The Morgan fingerprint density at radius 1 is 1.00 bits per heavy atom. The molecule has 0 bridgehead atoms. The first-order valence-electron chi connectivity index (χ1n) is 11.0. The highest BCUT2D eigenvalue weighted by Crippen LogP contribution is 2.22. The van der Waals surface area contributed by atoms with Crippen LogP contribution in [0, 0.1) is 5.92 Å². The van der Waals surface area contributed by atoms with Gasteiger partial charge < -0.3 is 9.80 Å². The molecule has 5 heteroatoms. The zero-order valence-electron chi connectivity index (χ0n) is 17.5. The number of rotatable bonds is 6. The smallest absolute Gasteiger partial charge is 0.253 e. The number of piperidine rings is 2. The summed E-state index contributed by atoms with van der Waals surface area (Å²) in [5.74, 6) is 0.659. The Morgan fingerprint density at radius 2 is 1.68 bits per heavy atom. The van der Waals surface area contributed by atoms with Crippen molar-refractivity contribution in [3.63, 3.8) is 0 Å². The van der Waals surface area contributed by atoms with Crippen molar-refractivity contribution >= 4 is 11.8 Å². The summed E-state index contributed by atoms with van der Waals surface area (Å²) in [5.41, 5.74) is 2.00. The third-order valence-electron chi connectivity index (χ3n) is 6.24. The number of hydrogen-bond acceptors (Lipinski definition) is 3. The average molecular weight is 386 g/mol. The number of likely N-dealkylation sites (tertiary alicyclic amines) is 2. The number of benzene rings is 1. The molecule has 5 nitrogen and oxygen atoms in total. The van der Waals surface area contributed by atoms with Crippen LogP contribution in [-0.2, 0) is 11.3 Å². The van der Waals surface area contributed by atoms with Gasteiger partial charge in [-0.05, 0) is 76.7 Å². The van der Waals surface area contributed by atoms with Crippen molar-refractivity contribution in [3.05, 3.63) is 35.4 Å². The van der Waals surface area contributed by atoms with E-state index in [1.54, 1.807) is 0 Å². The van der Waals surface area contributed by atoms with E-state index in [0.29, 0.717) is 5.91 Å². The fourth-order valence-corrected chi connectivity index (χ4v) is 4.47. The number of carbonyl (C=O) groups excluding carboxylic acids is 2. The first-order valence-corrected chi connectivity index (χ1v) is 11.0. The molecule has 0 N–H and O–H groups in total. The molecule has 0 atom stereocenters. The van der Waals surface area contributed by atoms with Crippen LogP contribution in [0.15, 0.2) is 24.3 Å². The summed E-state index contributed by atoms with van der Waals surface area (Å²) in [4.78, 5) is 31.7. The van der Waals surface area contributed by atoms with Gasteiger partial charge in [0.2, 0.25) is 5.91 Å². The molecule has 2 heterocycles. The molecular formula is C23H35N3O2. The van der Waals surface area contributed by atoms with Gasteiger partial charge in [0.05, 0.1) is 0 Å². The van der Waals surface area contributed by atoms with E-state index in [1.807, 2.05) is 21.9 Å². The minimum Gasteiger partial charge on any atom is -0.343 e. The van der Waals surface area contributed by atoms with E-state index in [2.05, 4.69) is 30.9 Å². The van der Waals surface area contributed by atoms with Crippen molar-refractivity contribution in [2.75, 3.05) is 39.3 Å². The molecule has 2 fully saturated rings. The Morgan fingerprint density at radius 3 is 2.32 bits per heavy atom. The molecule has 154 valence electrons. The van der Waals surface area contributed by atoms with Gasteiger partial charge in [-0.3, -0.25) is 14.5 Å². The molecule has 3 rings (SSSR count). The third-order valence-corrected chi connectivity index (χ3v) is 6.24. The maximum absolute atomic E-state index is 12.8. The predicted molar refractivity (Wildman–Crippen MR) is 112 cm³/mol. The van der Waals surface area contributed by atoms with Gasteiger partial charge in [-0.1, -0.05) is 12.1 Å². The Kier molecular flexibility index (Phi) is 7.49. The van der Waals surface area contributed by atoms with E-state index in [4.69, 9.17) is 0 Å². The molecule has 0 radical (unpaired) electrons. The average Bonchev–Trinajstić information content (AvgIpc) is 2.75. The van der Waals surface area contributed by atoms with Gasteiger partial charge in [-0.2, -0.15) is 0 Å². The van der Waals surface area contributed by atoms with Gasteiger partial charge in [0.25, 0.3) is 5.91 Å². The highest BCUT2D eigenvalue weighted by atomic mass is 16.2. The zero-order chi connectivity index (χ0) is 19.9. The molecule has 2 aliphatic heterocycles. The first kappa shape index (κ1) is 20.8. The number of carbonyl (C=O) groups is 2. The first-order chi connectivity index (χ1) is 13.6. The highest BCUT2D eigenvalue weighted by molar-refractivity contribution is 5.94. The molecule has 2 saturated heterocycles. The van der Waals surface area contributed by atoms with Gasteiger partial charge in [-0.15, -0.1) is 0 Å². The van der Waals surface area contributed by atoms with Crippen molar-refractivity contribution in [3.8, 4) is 0 Å². The fourth-order valence-electron chi connectivity index (χ4n) is 4.47. The summed E-state index contributed by atoms with van der Waals surface area (Å²) in [5, 5.41) is 0. The van der Waals surface area contributed by atoms with Crippen LogP contribution in [0.4, 0.5) is 0 Å². The summed E-state index contributed by atoms with van der Waals surface area (Å²) in [6.07, 6.45) is 5.33. The second kappa shape index (κ2) is 10.1. The molecule has 2 amide bonds. The van der Waals surface area contributed by atoms with Crippen molar-refractivity contribution in [1.29, 1.82) is 0 Å². The second-order valence-electron chi connectivity index (χ2n) is 8.11. The zero-order valence-corrected chi connectivity index (χ0v) is 17.5. The molecule has 0 unspecified atom stereocenters. The highest BCUT2D eigenvalue weighted by Gasteiger charge is 2.27. The van der Waals surface area contributed by atoms with Crippen LogP contribution < -0.4 is 0 Å². The van der Waals surface area contributed by atoms with Crippen LogP contribution in [0.5, 0.6) is 0 Å². The van der Waals surface area contributed by atoms with Crippen LogP contribution in [0.1, 0.15) is 61.9 Å². The van der Waals surface area contributed by atoms with Crippen LogP contribution in [0.25, 0.3) is 0 Å². The van der Waals surface area contributed by atoms with E-state index in [1.165, 1.54) is 12.0 Å². The SMILES string of the molecule is CCN(CC)C(=O)C1CCN(Cc2cccc(C(=O)N3CCCCC3)c2)CC1. The van der Waals surface area contributed by atoms with Crippen molar-refractivity contribution in [2.45, 2.75) is 52.5 Å². The lowest BCUT2D eigenvalue weighted by atomic mass is 9.94. The van der Waals surface area contributed by atoms with Gasteiger partial charge >= 0.3 is 0 Å². The molecular weight excluding hydrogens is 350 g/mol. The van der Waals surface area contributed by atoms with Gasteiger partial charge in [0.15, 0.2) is 0 Å². The molecule has 0 aliphatic carbocycles. The summed E-state index contributed by atoms with van der Waals surface area (Å²) < 4.78 is 0. The fraction of sp³-hybridized carbons (Fsp3) is 0.652. The monoisotopic (exact) mass is 385 g/mol. The van der Waals surface area contributed by atoms with Crippen molar-refractivity contribution in [2.24, 2.45) is 5.92 Å². The quantitative estimate of drug-likeness (QED) is 0.754. The Bertz CT molecular complexity index is 658. The lowest BCUT2D eigenvalue weighted by molar-refractivity contribution is -0.136. The topological polar surface area (TPSA) is 43.9 Å². The van der Waals surface area contributed by atoms with Crippen LogP contribution >= 0.6 is 0 Å². The molecule has 2 aliphatic rings. The molecule has 0 aromatic heterocycles. The van der Waals surface area contributed by atoms with Crippen molar-refractivity contribution in [1.82, 2.24) is 14.7 Å². The van der Waals surface area contributed by atoms with Gasteiger partial charge in [0, 0.05) is 44.2 Å². The van der Waals surface area contributed by atoms with E-state index in [9.17, 15) is 9.59 Å². The number of nitrogens with zero attached hydrogens (tertiary/aromatic N) is 3. The van der Waals surface area contributed by atoms with Crippen LogP contribution in [-0.4, -0.2) is 65.8 Å². The standard InChI is InChI=1S/C23H35N3O2/c1-3-25(4-2)22(27)20-11-15-24(16-12-20)18-19-9-8-10-21(17-19)23(28)26-13-6-5-7-14-26/h8-10,17,20H,3-7,11-16,18H2,1-2H3. The van der Waals surface area contributed by atoms with E-state index >= 15 is 0 Å². The van der Waals surface area contributed by atoms with E-state index in [0.717, 1.165) is 77.1 Å². The van der Waals surface area contributed by atoms with E-state index < -0.39 is 0 Å². The van der Waals surface area contributed by atoms with Crippen molar-refractivity contribution < 1.29 is 9.59 Å². The molecule has 1 aromatic rings. The van der Waals surface area contributed by atoms with E-state index in [-0.39, 0.29) is 11.8 Å². The maximum Gasteiger partial charge on any atom is 0.253 e. The molecule has 28 heavy (non-hydrogen) atoms. The Hall–Kier alpha value is -1.88. The predicted octanol–water partition coefficient (Wildman–Crippen LogP) is 3.39.